The van der Waals surface area contributed by atoms with Crippen LogP contribution in [0.3, 0.4) is 0 Å². The van der Waals surface area contributed by atoms with Gasteiger partial charge in [0, 0.05) is 27.2 Å². The minimum Gasteiger partial charge on any atom is -0.494 e. The Bertz CT molecular complexity index is 473. The third kappa shape index (κ3) is 6.35. The molecule has 124 valence electrons. The molecule has 1 rings (SSSR count). The molecule has 0 saturated heterocycles. The number of benzene rings is 1. The molecule has 0 aliphatic rings. The smallest absolute Gasteiger partial charge is 0.191 e. The van der Waals surface area contributed by atoms with Crippen molar-refractivity contribution in [3.63, 3.8) is 0 Å². The molecule has 0 bridgehead atoms. The van der Waals surface area contributed by atoms with Gasteiger partial charge in [0.05, 0.1) is 12.2 Å². The SMILES string of the molecule is CCOc1ccccc1CCNC(=NC)NCC(C)(C)OC. The van der Waals surface area contributed by atoms with Gasteiger partial charge in [-0.15, -0.1) is 0 Å². The number of methoxy groups -OCH3 is 1. The fourth-order valence-corrected chi connectivity index (χ4v) is 1.91. The summed E-state index contributed by atoms with van der Waals surface area (Å²) in [6, 6.07) is 8.13. The molecule has 0 amide bonds. The van der Waals surface area contributed by atoms with Crippen molar-refractivity contribution in [2.24, 2.45) is 4.99 Å². The lowest BCUT2D eigenvalue weighted by Crippen LogP contribution is -2.45. The van der Waals surface area contributed by atoms with Gasteiger partial charge < -0.3 is 20.1 Å². The second kappa shape index (κ2) is 9.30. The second-order valence-electron chi connectivity index (χ2n) is 5.61. The first-order chi connectivity index (χ1) is 10.5. The van der Waals surface area contributed by atoms with Gasteiger partial charge in [-0.2, -0.15) is 0 Å². The summed E-state index contributed by atoms with van der Waals surface area (Å²) in [6.45, 7) is 8.23. The number of para-hydroxylation sites is 1. The van der Waals surface area contributed by atoms with Gasteiger partial charge in [-0.25, -0.2) is 0 Å². The maximum Gasteiger partial charge on any atom is 0.191 e. The molecular formula is C17H29N3O2. The van der Waals surface area contributed by atoms with Gasteiger partial charge in [-0.3, -0.25) is 4.99 Å². The summed E-state index contributed by atoms with van der Waals surface area (Å²) in [5.74, 6) is 1.73. The molecule has 1 aromatic carbocycles. The topological polar surface area (TPSA) is 54.9 Å². The summed E-state index contributed by atoms with van der Waals surface area (Å²) >= 11 is 0. The van der Waals surface area contributed by atoms with Gasteiger partial charge in [-0.1, -0.05) is 18.2 Å². The molecule has 0 radical (unpaired) electrons. The van der Waals surface area contributed by atoms with Crippen molar-refractivity contribution in [2.75, 3.05) is 33.9 Å². The van der Waals surface area contributed by atoms with Gasteiger partial charge in [0.15, 0.2) is 5.96 Å². The lowest BCUT2D eigenvalue weighted by atomic mass is 10.1. The average Bonchev–Trinajstić information content (AvgIpc) is 2.52. The van der Waals surface area contributed by atoms with E-state index in [0.29, 0.717) is 13.2 Å². The number of hydrogen-bond acceptors (Lipinski definition) is 3. The molecular weight excluding hydrogens is 278 g/mol. The molecule has 0 unspecified atom stereocenters. The van der Waals surface area contributed by atoms with Crippen LogP contribution in [-0.2, 0) is 11.2 Å². The van der Waals surface area contributed by atoms with E-state index in [1.807, 2.05) is 39.0 Å². The Balaban J connectivity index is 2.45. The lowest BCUT2D eigenvalue weighted by molar-refractivity contribution is 0.0268. The first-order valence-corrected chi connectivity index (χ1v) is 7.72. The van der Waals surface area contributed by atoms with Crippen LogP contribution in [-0.4, -0.2) is 45.4 Å². The number of ether oxygens (including phenoxy) is 2. The first kappa shape index (κ1) is 18.3. The Labute approximate surface area is 134 Å². The van der Waals surface area contributed by atoms with E-state index in [1.165, 1.54) is 5.56 Å². The quantitative estimate of drug-likeness (QED) is 0.571. The molecule has 0 saturated carbocycles. The first-order valence-electron chi connectivity index (χ1n) is 7.72. The van der Waals surface area contributed by atoms with Crippen LogP contribution in [0.5, 0.6) is 5.75 Å². The summed E-state index contributed by atoms with van der Waals surface area (Å²) in [6.07, 6.45) is 0.880. The summed E-state index contributed by atoms with van der Waals surface area (Å²) in [5.41, 5.74) is 0.976. The van der Waals surface area contributed by atoms with Gasteiger partial charge >= 0.3 is 0 Å². The van der Waals surface area contributed by atoms with Gasteiger partial charge in [0.1, 0.15) is 5.75 Å². The maximum atomic E-state index is 5.64. The minimum atomic E-state index is -0.223. The van der Waals surface area contributed by atoms with Crippen molar-refractivity contribution < 1.29 is 9.47 Å². The highest BCUT2D eigenvalue weighted by Crippen LogP contribution is 2.17. The molecule has 22 heavy (non-hydrogen) atoms. The van der Waals surface area contributed by atoms with Crippen molar-refractivity contribution in [3.05, 3.63) is 29.8 Å². The van der Waals surface area contributed by atoms with E-state index in [9.17, 15) is 0 Å². The molecule has 0 spiro atoms. The van der Waals surface area contributed by atoms with Gasteiger partial charge in [0.2, 0.25) is 0 Å². The van der Waals surface area contributed by atoms with Crippen molar-refractivity contribution in [1.82, 2.24) is 10.6 Å². The molecule has 1 aromatic rings. The van der Waals surface area contributed by atoms with E-state index in [1.54, 1.807) is 14.2 Å². The number of aliphatic imine (C=N–C) groups is 1. The number of hydrogen-bond donors (Lipinski definition) is 2. The molecule has 5 nitrogen and oxygen atoms in total. The normalized spacial score (nSPS) is 12.1. The molecule has 0 fully saturated rings. The highest BCUT2D eigenvalue weighted by molar-refractivity contribution is 5.79. The Morgan fingerprint density at radius 1 is 1.23 bits per heavy atom. The van der Waals surface area contributed by atoms with Crippen molar-refractivity contribution >= 4 is 5.96 Å². The van der Waals surface area contributed by atoms with Crippen LogP contribution in [0.4, 0.5) is 0 Å². The Kier molecular flexibility index (Phi) is 7.74. The number of guanidine groups is 1. The standard InChI is InChI=1S/C17H29N3O2/c1-6-22-15-10-8-7-9-14(15)11-12-19-16(18-4)20-13-17(2,3)21-5/h7-10H,6,11-13H2,1-5H3,(H2,18,19,20). The summed E-state index contributed by atoms with van der Waals surface area (Å²) in [4.78, 5) is 4.22. The Morgan fingerprint density at radius 2 is 1.95 bits per heavy atom. The van der Waals surface area contributed by atoms with E-state index in [-0.39, 0.29) is 5.60 Å². The predicted octanol–water partition coefficient (Wildman–Crippen LogP) is 2.22. The average molecular weight is 307 g/mol. The fourth-order valence-electron chi connectivity index (χ4n) is 1.91. The maximum absolute atomic E-state index is 5.64. The molecule has 0 aliphatic carbocycles. The van der Waals surface area contributed by atoms with Crippen LogP contribution in [0.2, 0.25) is 0 Å². The number of rotatable bonds is 8. The zero-order valence-electron chi connectivity index (χ0n) is 14.4. The van der Waals surface area contributed by atoms with Crippen LogP contribution in [0, 0.1) is 0 Å². The molecule has 0 aromatic heterocycles. The van der Waals surface area contributed by atoms with E-state index in [2.05, 4.69) is 21.7 Å². The third-order valence-electron chi connectivity index (χ3n) is 3.42. The van der Waals surface area contributed by atoms with E-state index in [0.717, 1.165) is 24.7 Å². The van der Waals surface area contributed by atoms with Crippen LogP contribution >= 0.6 is 0 Å². The molecule has 2 N–H and O–H groups in total. The summed E-state index contributed by atoms with van der Waals surface area (Å²) in [5, 5.41) is 6.58. The van der Waals surface area contributed by atoms with Crippen molar-refractivity contribution in [2.45, 2.75) is 32.8 Å². The van der Waals surface area contributed by atoms with Crippen molar-refractivity contribution in [3.8, 4) is 5.75 Å². The summed E-state index contributed by atoms with van der Waals surface area (Å²) < 4.78 is 11.0. The van der Waals surface area contributed by atoms with Gasteiger partial charge in [-0.05, 0) is 38.8 Å². The molecule has 0 atom stereocenters. The number of nitrogens with one attached hydrogen (secondary N) is 2. The Morgan fingerprint density at radius 3 is 2.59 bits per heavy atom. The summed E-state index contributed by atoms with van der Waals surface area (Å²) in [7, 11) is 3.48. The van der Waals surface area contributed by atoms with Crippen LogP contribution in [0.25, 0.3) is 0 Å². The zero-order valence-corrected chi connectivity index (χ0v) is 14.4. The lowest BCUT2D eigenvalue weighted by Gasteiger charge is -2.24. The third-order valence-corrected chi connectivity index (χ3v) is 3.42. The van der Waals surface area contributed by atoms with Crippen molar-refractivity contribution in [1.29, 1.82) is 0 Å². The van der Waals surface area contributed by atoms with Gasteiger partial charge in [0.25, 0.3) is 0 Å². The predicted molar refractivity (Wildman–Crippen MR) is 91.8 cm³/mol. The highest BCUT2D eigenvalue weighted by Gasteiger charge is 2.16. The van der Waals surface area contributed by atoms with Crippen LogP contribution < -0.4 is 15.4 Å². The molecule has 0 heterocycles. The Hall–Kier alpha value is -1.75. The van der Waals surface area contributed by atoms with Crippen LogP contribution in [0.1, 0.15) is 26.3 Å². The second-order valence-corrected chi connectivity index (χ2v) is 5.61. The molecule has 0 aliphatic heterocycles. The van der Waals surface area contributed by atoms with Crippen LogP contribution in [0.15, 0.2) is 29.3 Å². The number of nitrogens with zero attached hydrogens (tertiary/aromatic N) is 1. The highest BCUT2D eigenvalue weighted by atomic mass is 16.5. The zero-order chi connectivity index (χ0) is 16.4. The van der Waals surface area contributed by atoms with E-state index < -0.39 is 0 Å². The van der Waals surface area contributed by atoms with E-state index in [4.69, 9.17) is 9.47 Å². The van der Waals surface area contributed by atoms with E-state index >= 15 is 0 Å². The molecule has 5 heteroatoms. The monoisotopic (exact) mass is 307 g/mol. The largest absolute Gasteiger partial charge is 0.494 e. The minimum absolute atomic E-state index is 0.223. The fraction of sp³-hybridized carbons (Fsp3) is 0.588.